The van der Waals surface area contributed by atoms with Crippen LogP contribution in [0.15, 0.2) is 29.2 Å². The van der Waals surface area contributed by atoms with E-state index in [0.717, 1.165) is 6.42 Å². The fourth-order valence-corrected chi connectivity index (χ4v) is 2.96. The highest BCUT2D eigenvalue weighted by molar-refractivity contribution is 7.89. The lowest BCUT2D eigenvalue weighted by molar-refractivity contribution is 0.183. The second-order valence-electron chi connectivity index (χ2n) is 4.42. The van der Waals surface area contributed by atoms with E-state index in [-0.39, 0.29) is 11.0 Å². The van der Waals surface area contributed by atoms with Crippen LogP contribution in [0.4, 0.5) is 5.69 Å². The molecular formula is C13H22N2O3S. The van der Waals surface area contributed by atoms with Gasteiger partial charge in [0.25, 0.3) is 0 Å². The van der Waals surface area contributed by atoms with E-state index in [1.54, 1.807) is 38.1 Å². The summed E-state index contributed by atoms with van der Waals surface area (Å²) in [6, 6.07) is 6.81. The van der Waals surface area contributed by atoms with Crippen LogP contribution in [-0.2, 0) is 10.0 Å². The molecule has 3 N–H and O–H groups in total. The van der Waals surface area contributed by atoms with Crippen molar-refractivity contribution >= 4 is 15.7 Å². The SMILES string of the molecule is CCNS(=O)(=O)c1ccccc1NCCCC(C)O. The molecule has 0 saturated carbocycles. The molecule has 1 unspecified atom stereocenters. The van der Waals surface area contributed by atoms with Gasteiger partial charge in [0.05, 0.1) is 11.8 Å². The summed E-state index contributed by atoms with van der Waals surface area (Å²) < 4.78 is 26.5. The van der Waals surface area contributed by atoms with E-state index >= 15 is 0 Å². The molecule has 0 fully saturated rings. The Kier molecular flexibility index (Phi) is 6.27. The number of nitrogens with one attached hydrogen (secondary N) is 2. The molecule has 0 aliphatic rings. The van der Waals surface area contributed by atoms with Gasteiger partial charge in [-0.05, 0) is 31.9 Å². The predicted molar refractivity (Wildman–Crippen MR) is 76.7 cm³/mol. The van der Waals surface area contributed by atoms with Crippen molar-refractivity contribution < 1.29 is 13.5 Å². The first-order valence-electron chi connectivity index (χ1n) is 6.48. The summed E-state index contributed by atoms with van der Waals surface area (Å²) in [5.74, 6) is 0. The summed E-state index contributed by atoms with van der Waals surface area (Å²) >= 11 is 0. The molecule has 0 bridgehead atoms. The Morgan fingerprint density at radius 3 is 2.63 bits per heavy atom. The Labute approximate surface area is 115 Å². The van der Waals surface area contributed by atoms with Gasteiger partial charge in [-0.2, -0.15) is 0 Å². The number of benzene rings is 1. The predicted octanol–water partition coefficient (Wildman–Crippen LogP) is 1.56. The molecule has 1 aromatic rings. The largest absolute Gasteiger partial charge is 0.393 e. The molecule has 6 heteroatoms. The van der Waals surface area contributed by atoms with Gasteiger partial charge in [0.2, 0.25) is 10.0 Å². The van der Waals surface area contributed by atoms with Crippen molar-refractivity contribution in [1.29, 1.82) is 0 Å². The van der Waals surface area contributed by atoms with Crippen LogP contribution in [0, 0.1) is 0 Å². The standard InChI is InChI=1S/C13H22N2O3S/c1-3-15-19(17,18)13-9-5-4-8-12(13)14-10-6-7-11(2)16/h4-5,8-9,11,14-16H,3,6-7,10H2,1-2H3. The molecule has 1 atom stereocenters. The number of hydrogen-bond acceptors (Lipinski definition) is 4. The van der Waals surface area contributed by atoms with Crippen LogP contribution < -0.4 is 10.0 Å². The summed E-state index contributed by atoms with van der Waals surface area (Å²) in [7, 11) is -3.46. The zero-order chi connectivity index (χ0) is 14.3. The summed E-state index contributed by atoms with van der Waals surface area (Å²) in [4.78, 5) is 0.258. The molecule has 5 nitrogen and oxygen atoms in total. The van der Waals surface area contributed by atoms with Crippen molar-refractivity contribution in [1.82, 2.24) is 4.72 Å². The highest BCUT2D eigenvalue weighted by Gasteiger charge is 2.16. The topological polar surface area (TPSA) is 78.4 Å². The molecule has 0 amide bonds. The monoisotopic (exact) mass is 286 g/mol. The molecule has 0 radical (unpaired) electrons. The van der Waals surface area contributed by atoms with Crippen LogP contribution >= 0.6 is 0 Å². The lowest BCUT2D eigenvalue weighted by atomic mass is 10.2. The van der Waals surface area contributed by atoms with Gasteiger partial charge in [-0.15, -0.1) is 0 Å². The average Bonchev–Trinajstić information content (AvgIpc) is 2.35. The fourth-order valence-electron chi connectivity index (χ4n) is 1.74. The van der Waals surface area contributed by atoms with Crippen molar-refractivity contribution in [2.75, 3.05) is 18.4 Å². The van der Waals surface area contributed by atoms with Gasteiger partial charge in [0.15, 0.2) is 0 Å². The van der Waals surface area contributed by atoms with Crippen LogP contribution in [0.5, 0.6) is 0 Å². The number of hydrogen-bond donors (Lipinski definition) is 3. The highest BCUT2D eigenvalue weighted by atomic mass is 32.2. The van der Waals surface area contributed by atoms with E-state index in [9.17, 15) is 8.42 Å². The minimum absolute atomic E-state index is 0.258. The molecule has 0 aliphatic carbocycles. The highest BCUT2D eigenvalue weighted by Crippen LogP contribution is 2.20. The van der Waals surface area contributed by atoms with Crippen LogP contribution in [0.1, 0.15) is 26.7 Å². The lowest BCUT2D eigenvalue weighted by Gasteiger charge is -2.13. The van der Waals surface area contributed by atoms with Crippen LogP contribution in [0.3, 0.4) is 0 Å². The number of anilines is 1. The number of sulfonamides is 1. The Morgan fingerprint density at radius 1 is 1.32 bits per heavy atom. The van der Waals surface area contributed by atoms with E-state index in [0.29, 0.717) is 25.2 Å². The smallest absolute Gasteiger partial charge is 0.242 e. The third-order valence-electron chi connectivity index (χ3n) is 2.63. The quantitative estimate of drug-likeness (QED) is 0.634. The van der Waals surface area contributed by atoms with Gasteiger partial charge in [0.1, 0.15) is 4.90 Å². The van der Waals surface area contributed by atoms with Crippen molar-refractivity contribution in [2.45, 2.75) is 37.7 Å². The van der Waals surface area contributed by atoms with Gasteiger partial charge in [-0.3, -0.25) is 0 Å². The van der Waals surface area contributed by atoms with Gasteiger partial charge < -0.3 is 10.4 Å². The van der Waals surface area contributed by atoms with Gasteiger partial charge in [0, 0.05) is 13.1 Å². The van der Waals surface area contributed by atoms with Gasteiger partial charge in [-0.25, -0.2) is 13.1 Å². The maximum absolute atomic E-state index is 12.0. The second-order valence-corrected chi connectivity index (χ2v) is 6.15. The second kappa shape index (κ2) is 7.47. The van der Waals surface area contributed by atoms with E-state index in [1.165, 1.54) is 0 Å². The Hall–Kier alpha value is -1.11. The van der Waals surface area contributed by atoms with Crippen molar-refractivity contribution in [2.24, 2.45) is 0 Å². The molecular weight excluding hydrogens is 264 g/mol. The number of para-hydroxylation sites is 1. The Balaban J connectivity index is 2.74. The lowest BCUT2D eigenvalue weighted by Crippen LogP contribution is -2.24. The summed E-state index contributed by atoms with van der Waals surface area (Å²) in [6.07, 6.45) is 1.14. The van der Waals surface area contributed by atoms with Crippen molar-refractivity contribution in [3.63, 3.8) is 0 Å². The van der Waals surface area contributed by atoms with Crippen LogP contribution in [0.2, 0.25) is 0 Å². The molecule has 0 aromatic heterocycles. The number of rotatable bonds is 8. The fraction of sp³-hybridized carbons (Fsp3) is 0.538. The van der Waals surface area contributed by atoms with Gasteiger partial charge in [-0.1, -0.05) is 19.1 Å². The first kappa shape index (κ1) is 15.9. The summed E-state index contributed by atoms with van der Waals surface area (Å²) in [6.45, 7) is 4.47. The van der Waals surface area contributed by atoms with Crippen molar-refractivity contribution in [3.8, 4) is 0 Å². The molecule has 1 rings (SSSR count). The normalized spacial score (nSPS) is 13.2. The molecule has 0 spiro atoms. The molecule has 0 aliphatic heterocycles. The van der Waals surface area contributed by atoms with E-state index in [4.69, 9.17) is 5.11 Å². The maximum atomic E-state index is 12.0. The van der Waals surface area contributed by atoms with Crippen LogP contribution in [-0.4, -0.2) is 32.7 Å². The Bertz CT molecular complexity index is 486. The minimum atomic E-state index is -3.46. The third kappa shape index (κ3) is 5.18. The summed E-state index contributed by atoms with van der Waals surface area (Å²) in [5, 5.41) is 12.3. The van der Waals surface area contributed by atoms with E-state index in [2.05, 4.69) is 10.0 Å². The summed E-state index contributed by atoms with van der Waals surface area (Å²) in [5.41, 5.74) is 0.592. The number of aliphatic hydroxyl groups is 1. The zero-order valence-corrected chi connectivity index (χ0v) is 12.2. The number of aliphatic hydroxyl groups excluding tert-OH is 1. The zero-order valence-electron chi connectivity index (χ0n) is 11.4. The van der Waals surface area contributed by atoms with Crippen molar-refractivity contribution in [3.05, 3.63) is 24.3 Å². The van der Waals surface area contributed by atoms with Gasteiger partial charge >= 0.3 is 0 Å². The van der Waals surface area contributed by atoms with E-state index in [1.807, 2.05) is 0 Å². The molecule has 1 aromatic carbocycles. The molecule has 108 valence electrons. The van der Waals surface area contributed by atoms with E-state index < -0.39 is 10.0 Å². The molecule has 0 heterocycles. The molecule has 0 saturated heterocycles. The first-order chi connectivity index (χ1) is 8.97. The third-order valence-corrected chi connectivity index (χ3v) is 4.23. The average molecular weight is 286 g/mol. The first-order valence-corrected chi connectivity index (χ1v) is 7.96. The minimum Gasteiger partial charge on any atom is -0.393 e. The Morgan fingerprint density at radius 2 is 2.00 bits per heavy atom. The maximum Gasteiger partial charge on any atom is 0.242 e. The molecule has 19 heavy (non-hydrogen) atoms. The van der Waals surface area contributed by atoms with Crippen LogP contribution in [0.25, 0.3) is 0 Å².